The van der Waals surface area contributed by atoms with E-state index in [4.69, 9.17) is 9.47 Å². The quantitative estimate of drug-likeness (QED) is 0.116. The van der Waals surface area contributed by atoms with Gasteiger partial charge in [0, 0.05) is 18.5 Å². The maximum Gasteiger partial charge on any atom is 0.338 e. The van der Waals surface area contributed by atoms with Gasteiger partial charge in [-0.05, 0) is 74.5 Å². The molecule has 5 rings (SSSR count). The zero-order valence-electron chi connectivity index (χ0n) is 22.9. The third-order valence-corrected chi connectivity index (χ3v) is 7.85. The number of esters is 1. The molecular weight excluding hydrogens is 558 g/mol. The molecule has 1 saturated heterocycles. The number of anilines is 1. The molecule has 0 N–H and O–H groups in total. The Bertz CT molecular complexity index is 1730. The molecule has 4 aromatic rings. The second-order valence-electron chi connectivity index (χ2n) is 9.34. The topological polar surface area (TPSA) is 125 Å². The second-order valence-corrected chi connectivity index (χ2v) is 10.5. The van der Waals surface area contributed by atoms with Crippen LogP contribution in [0.25, 0.3) is 10.9 Å². The molecular formula is C31H27N3O7S. The van der Waals surface area contributed by atoms with Gasteiger partial charge in [0.05, 0.1) is 28.8 Å². The zero-order valence-corrected chi connectivity index (χ0v) is 23.8. The Labute approximate surface area is 245 Å². The first-order chi connectivity index (χ1) is 20.3. The summed E-state index contributed by atoms with van der Waals surface area (Å²) in [6.45, 7) is 4.11. The molecule has 1 unspecified atom stereocenters. The molecule has 2 amide bonds. The minimum absolute atomic E-state index is 0.0621. The lowest BCUT2D eigenvalue weighted by Crippen LogP contribution is -2.31. The first-order valence-corrected chi connectivity index (χ1v) is 14.2. The molecule has 214 valence electrons. The third-order valence-electron chi connectivity index (χ3n) is 6.68. The Morgan fingerprint density at radius 3 is 2.31 bits per heavy atom. The van der Waals surface area contributed by atoms with Crippen LogP contribution >= 0.6 is 11.8 Å². The molecule has 11 heteroatoms. The molecule has 1 fully saturated rings. The number of carbonyl (C=O) groups excluding carboxylic acids is 4. The Morgan fingerprint density at radius 2 is 1.62 bits per heavy atom. The number of rotatable bonds is 10. The van der Waals surface area contributed by atoms with E-state index in [2.05, 4.69) is 4.98 Å². The van der Waals surface area contributed by atoms with Gasteiger partial charge in [0.15, 0.2) is 17.5 Å². The molecule has 0 aliphatic carbocycles. The number of hydrogen-bond donors (Lipinski definition) is 0. The van der Waals surface area contributed by atoms with Crippen molar-refractivity contribution in [1.82, 2.24) is 9.55 Å². The highest BCUT2D eigenvalue weighted by atomic mass is 32.2. The van der Waals surface area contributed by atoms with Gasteiger partial charge >= 0.3 is 5.97 Å². The number of para-hydroxylation sites is 1. The Kier molecular flexibility index (Phi) is 8.48. The molecule has 1 atom stereocenters. The van der Waals surface area contributed by atoms with Gasteiger partial charge in [-0.2, -0.15) is 0 Å². The summed E-state index contributed by atoms with van der Waals surface area (Å²) in [5.74, 6) is -1.29. The van der Waals surface area contributed by atoms with Crippen LogP contribution in [0.3, 0.4) is 0 Å². The number of thioether (sulfide) groups is 1. The van der Waals surface area contributed by atoms with Crippen LogP contribution < -0.4 is 15.2 Å². The maximum absolute atomic E-state index is 13.3. The predicted octanol–water partition coefficient (Wildman–Crippen LogP) is 4.28. The van der Waals surface area contributed by atoms with Crippen LogP contribution in [-0.2, 0) is 20.9 Å². The standard InChI is InChI=1S/C31H27N3O7S/c1-3-33-28(37)23-7-5-6-8-24(23)32-31(33)42-26-17-27(36)34(29(26)38)21-13-9-20(10-14-21)30(39)41-18-25(35)19-11-15-22(16-12-19)40-4-2/h5-16,26H,3-4,17-18H2,1-2H3. The number of aromatic nitrogens is 2. The molecule has 0 bridgehead atoms. The van der Waals surface area contributed by atoms with Crippen molar-refractivity contribution in [3.63, 3.8) is 0 Å². The van der Waals surface area contributed by atoms with E-state index in [0.717, 1.165) is 16.7 Å². The lowest BCUT2D eigenvalue weighted by Gasteiger charge is -2.16. The van der Waals surface area contributed by atoms with Gasteiger partial charge in [-0.3, -0.25) is 23.7 Å². The summed E-state index contributed by atoms with van der Waals surface area (Å²) >= 11 is 1.09. The summed E-state index contributed by atoms with van der Waals surface area (Å²) in [5.41, 5.74) is 1.16. The number of fused-ring (bicyclic) bond motifs is 1. The fraction of sp³-hybridized carbons (Fsp3) is 0.226. The van der Waals surface area contributed by atoms with Crippen LogP contribution in [-0.4, -0.2) is 51.6 Å². The second kappa shape index (κ2) is 12.4. The normalized spacial score (nSPS) is 14.8. The first kappa shape index (κ1) is 28.7. The van der Waals surface area contributed by atoms with Crippen LogP contribution in [0.1, 0.15) is 41.0 Å². The Morgan fingerprint density at radius 1 is 0.929 bits per heavy atom. The molecule has 0 radical (unpaired) electrons. The molecule has 0 spiro atoms. The van der Waals surface area contributed by atoms with E-state index < -0.39 is 29.6 Å². The van der Waals surface area contributed by atoms with E-state index in [9.17, 15) is 24.0 Å². The van der Waals surface area contributed by atoms with Gasteiger partial charge < -0.3 is 9.47 Å². The summed E-state index contributed by atoms with van der Waals surface area (Å²) in [4.78, 5) is 69.7. The van der Waals surface area contributed by atoms with Gasteiger partial charge in [0.25, 0.3) is 5.56 Å². The highest BCUT2D eigenvalue weighted by molar-refractivity contribution is 8.00. The van der Waals surface area contributed by atoms with E-state index in [-0.39, 0.29) is 23.3 Å². The summed E-state index contributed by atoms with van der Waals surface area (Å²) in [6.07, 6.45) is -0.0621. The Balaban J connectivity index is 1.24. The Hall–Kier alpha value is -4.77. The monoisotopic (exact) mass is 585 g/mol. The molecule has 1 aliphatic heterocycles. The SMILES string of the molecule is CCOc1ccc(C(=O)COC(=O)c2ccc(N3C(=O)CC(Sc4nc5ccccc5c(=O)n4CC)C3=O)cc2)cc1. The number of nitrogens with zero attached hydrogens (tertiary/aromatic N) is 3. The number of carbonyl (C=O) groups is 4. The van der Waals surface area contributed by atoms with Gasteiger partial charge in [-0.25, -0.2) is 14.7 Å². The van der Waals surface area contributed by atoms with E-state index >= 15 is 0 Å². The van der Waals surface area contributed by atoms with Crippen molar-refractivity contribution < 1.29 is 28.7 Å². The molecule has 2 heterocycles. The lowest BCUT2D eigenvalue weighted by molar-refractivity contribution is -0.121. The van der Waals surface area contributed by atoms with Gasteiger partial charge in [0.1, 0.15) is 11.0 Å². The average Bonchev–Trinajstić information content (AvgIpc) is 3.28. The largest absolute Gasteiger partial charge is 0.494 e. The third kappa shape index (κ3) is 5.82. The highest BCUT2D eigenvalue weighted by Crippen LogP contribution is 2.33. The van der Waals surface area contributed by atoms with Crippen LogP contribution in [0.2, 0.25) is 0 Å². The predicted molar refractivity (Wildman–Crippen MR) is 157 cm³/mol. The average molecular weight is 586 g/mol. The zero-order chi connectivity index (χ0) is 29.8. The van der Waals surface area contributed by atoms with E-state index in [1.54, 1.807) is 48.5 Å². The molecule has 10 nitrogen and oxygen atoms in total. The van der Waals surface area contributed by atoms with Crippen molar-refractivity contribution in [2.45, 2.75) is 37.2 Å². The first-order valence-electron chi connectivity index (χ1n) is 13.4. The van der Waals surface area contributed by atoms with E-state index in [1.807, 2.05) is 13.8 Å². The number of hydrogen-bond acceptors (Lipinski definition) is 9. The minimum Gasteiger partial charge on any atom is -0.494 e. The van der Waals surface area contributed by atoms with Gasteiger partial charge in [0.2, 0.25) is 11.8 Å². The number of imide groups is 1. The summed E-state index contributed by atoms with van der Waals surface area (Å²) < 4.78 is 12.0. The molecule has 42 heavy (non-hydrogen) atoms. The summed E-state index contributed by atoms with van der Waals surface area (Å²) in [6, 6.07) is 19.3. The van der Waals surface area contributed by atoms with Crippen LogP contribution in [0.15, 0.2) is 82.7 Å². The van der Waals surface area contributed by atoms with Crippen molar-refractivity contribution in [1.29, 1.82) is 0 Å². The lowest BCUT2D eigenvalue weighted by atomic mass is 10.1. The number of amides is 2. The fourth-order valence-electron chi connectivity index (χ4n) is 4.56. The minimum atomic E-state index is -0.762. The highest BCUT2D eigenvalue weighted by Gasteiger charge is 2.41. The van der Waals surface area contributed by atoms with Gasteiger partial charge in [-0.15, -0.1) is 0 Å². The van der Waals surface area contributed by atoms with Crippen molar-refractivity contribution in [3.05, 3.63) is 94.3 Å². The van der Waals surface area contributed by atoms with E-state index in [0.29, 0.717) is 46.2 Å². The van der Waals surface area contributed by atoms with Gasteiger partial charge in [-0.1, -0.05) is 23.9 Å². The van der Waals surface area contributed by atoms with Crippen molar-refractivity contribution >= 4 is 51.9 Å². The summed E-state index contributed by atoms with van der Waals surface area (Å²) in [7, 11) is 0. The van der Waals surface area contributed by atoms with Crippen LogP contribution in [0, 0.1) is 0 Å². The number of ketones is 1. The van der Waals surface area contributed by atoms with Crippen LogP contribution in [0.4, 0.5) is 5.69 Å². The number of Topliss-reactive ketones (excluding diaryl/α,β-unsaturated/α-hetero) is 1. The van der Waals surface area contributed by atoms with Crippen molar-refractivity contribution in [2.24, 2.45) is 0 Å². The number of benzene rings is 3. The van der Waals surface area contributed by atoms with Crippen LogP contribution in [0.5, 0.6) is 5.75 Å². The molecule has 3 aromatic carbocycles. The molecule has 0 saturated carbocycles. The molecule has 1 aliphatic rings. The maximum atomic E-state index is 13.3. The molecule has 1 aromatic heterocycles. The number of ether oxygens (including phenoxy) is 2. The fourth-order valence-corrected chi connectivity index (χ4v) is 5.74. The summed E-state index contributed by atoms with van der Waals surface area (Å²) in [5, 5.41) is 0.0898. The van der Waals surface area contributed by atoms with Crippen molar-refractivity contribution in [2.75, 3.05) is 18.1 Å². The van der Waals surface area contributed by atoms with Crippen molar-refractivity contribution in [3.8, 4) is 5.75 Å². The smallest absolute Gasteiger partial charge is 0.338 e. The van der Waals surface area contributed by atoms with E-state index in [1.165, 1.54) is 28.8 Å².